The van der Waals surface area contributed by atoms with E-state index in [1.54, 1.807) is 6.07 Å². The van der Waals surface area contributed by atoms with E-state index >= 15 is 0 Å². The average molecular weight is 315 g/mol. The molecule has 0 spiro atoms. The van der Waals surface area contributed by atoms with Gasteiger partial charge >= 0.3 is 5.97 Å². The predicted octanol–water partition coefficient (Wildman–Crippen LogP) is 1.89. The van der Waals surface area contributed by atoms with Crippen LogP contribution < -0.4 is 10.2 Å². The zero-order chi connectivity index (χ0) is 15.6. The summed E-state index contributed by atoms with van der Waals surface area (Å²) < 4.78 is 13.4. The summed E-state index contributed by atoms with van der Waals surface area (Å²) in [6.45, 7) is 2.52. The summed E-state index contributed by atoms with van der Waals surface area (Å²) in [5, 5.41) is 11.6. The van der Waals surface area contributed by atoms with Gasteiger partial charge in [0.2, 0.25) is 5.91 Å². The van der Waals surface area contributed by atoms with Crippen LogP contribution in [0.15, 0.2) is 18.2 Å². The third-order valence-electron chi connectivity index (χ3n) is 3.57. The number of nitrogens with one attached hydrogen (secondary N) is 1. The van der Waals surface area contributed by atoms with Crippen LogP contribution in [0.2, 0.25) is 5.02 Å². The third kappa shape index (κ3) is 3.64. The molecule has 1 saturated heterocycles. The van der Waals surface area contributed by atoms with Gasteiger partial charge in [-0.05, 0) is 31.5 Å². The van der Waals surface area contributed by atoms with E-state index < -0.39 is 23.6 Å². The van der Waals surface area contributed by atoms with E-state index in [1.807, 2.05) is 4.90 Å². The molecule has 7 heteroatoms. The molecular weight excluding hydrogens is 299 g/mol. The smallest absolute Gasteiger partial charge is 0.315 e. The molecular formula is C14H16ClFN2O3. The van der Waals surface area contributed by atoms with E-state index in [-0.39, 0.29) is 11.1 Å². The Morgan fingerprint density at radius 2 is 2.24 bits per heavy atom. The van der Waals surface area contributed by atoms with Crippen molar-refractivity contribution in [1.82, 2.24) is 5.32 Å². The first kappa shape index (κ1) is 15.6. The molecule has 1 amide bonds. The first-order chi connectivity index (χ1) is 9.88. The minimum atomic E-state index is -1.15. The molecule has 21 heavy (non-hydrogen) atoms. The standard InChI is InChI=1S/C14H16ClFN2O3/c1-8(14(20)21)13(19)17-9-4-5-18(7-9)10-2-3-11(15)12(16)6-10/h2-3,6,8-9H,4-5,7H2,1H3,(H,17,19)(H,20,21). The molecule has 1 aromatic carbocycles. The summed E-state index contributed by atoms with van der Waals surface area (Å²) in [7, 11) is 0. The number of benzene rings is 1. The molecule has 2 atom stereocenters. The number of amides is 1. The van der Waals surface area contributed by atoms with Crippen molar-refractivity contribution in [2.45, 2.75) is 19.4 Å². The zero-order valence-electron chi connectivity index (χ0n) is 11.5. The van der Waals surface area contributed by atoms with E-state index in [4.69, 9.17) is 16.7 Å². The van der Waals surface area contributed by atoms with Crippen LogP contribution in [0.1, 0.15) is 13.3 Å². The largest absolute Gasteiger partial charge is 0.481 e. The number of hydrogen-bond acceptors (Lipinski definition) is 3. The number of carboxylic acids is 1. The van der Waals surface area contributed by atoms with Crippen molar-refractivity contribution < 1.29 is 19.1 Å². The molecule has 114 valence electrons. The summed E-state index contributed by atoms with van der Waals surface area (Å²) in [6.07, 6.45) is 0.683. The van der Waals surface area contributed by atoms with Crippen LogP contribution in [0.25, 0.3) is 0 Å². The van der Waals surface area contributed by atoms with E-state index in [2.05, 4.69) is 5.32 Å². The SMILES string of the molecule is CC(C(=O)O)C(=O)NC1CCN(c2ccc(Cl)c(F)c2)C1. The molecule has 2 unspecified atom stereocenters. The van der Waals surface area contributed by atoms with E-state index in [0.717, 1.165) is 0 Å². The van der Waals surface area contributed by atoms with Crippen LogP contribution in [-0.4, -0.2) is 36.1 Å². The summed E-state index contributed by atoms with van der Waals surface area (Å²) in [6, 6.07) is 4.42. The second-order valence-electron chi connectivity index (χ2n) is 5.10. The molecule has 2 N–H and O–H groups in total. The maximum absolute atomic E-state index is 13.4. The lowest BCUT2D eigenvalue weighted by Gasteiger charge is -2.19. The summed E-state index contributed by atoms with van der Waals surface area (Å²) in [4.78, 5) is 24.4. The Bertz CT molecular complexity index is 567. The van der Waals surface area contributed by atoms with Gasteiger partial charge in [0.1, 0.15) is 11.7 Å². The van der Waals surface area contributed by atoms with Gasteiger partial charge in [-0.25, -0.2) is 4.39 Å². The van der Waals surface area contributed by atoms with Gasteiger partial charge in [0.15, 0.2) is 0 Å². The summed E-state index contributed by atoms with van der Waals surface area (Å²) in [5.41, 5.74) is 0.694. The van der Waals surface area contributed by atoms with Crippen LogP contribution in [0.4, 0.5) is 10.1 Å². The van der Waals surface area contributed by atoms with Gasteiger partial charge in [-0.15, -0.1) is 0 Å². The Morgan fingerprint density at radius 3 is 2.86 bits per heavy atom. The quantitative estimate of drug-likeness (QED) is 0.833. The van der Waals surface area contributed by atoms with Crippen LogP contribution in [-0.2, 0) is 9.59 Å². The second kappa shape index (κ2) is 6.30. The maximum Gasteiger partial charge on any atom is 0.315 e. The normalized spacial score (nSPS) is 19.4. The highest BCUT2D eigenvalue weighted by atomic mass is 35.5. The Balaban J connectivity index is 1.96. The highest BCUT2D eigenvalue weighted by Gasteiger charge is 2.28. The second-order valence-corrected chi connectivity index (χ2v) is 5.51. The monoisotopic (exact) mass is 314 g/mol. The predicted molar refractivity (Wildman–Crippen MR) is 77.0 cm³/mol. The molecule has 1 heterocycles. The van der Waals surface area contributed by atoms with E-state index in [9.17, 15) is 14.0 Å². The first-order valence-corrected chi connectivity index (χ1v) is 6.99. The molecule has 5 nitrogen and oxygen atoms in total. The van der Waals surface area contributed by atoms with Crippen molar-refractivity contribution in [3.8, 4) is 0 Å². The minimum Gasteiger partial charge on any atom is -0.481 e. The number of carboxylic acid groups (broad SMARTS) is 1. The minimum absolute atomic E-state index is 0.0677. The fourth-order valence-electron chi connectivity index (χ4n) is 2.23. The maximum atomic E-state index is 13.4. The topological polar surface area (TPSA) is 69.6 Å². The fourth-order valence-corrected chi connectivity index (χ4v) is 2.35. The zero-order valence-corrected chi connectivity index (χ0v) is 12.2. The number of halogens is 2. The van der Waals surface area contributed by atoms with Crippen LogP contribution in [0.3, 0.4) is 0 Å². The van der Waals surface area contributed by atoms with Gasteiger partial charge in [-0.2, -0.15) is 0 Å². The number of anilines is 1. The van der Waals surface area contributed by atoms with Gasteiger partial charge in [-0.1, -0.05) is 11.6 Å². The van der Waals surface area contributed by atoms with Crippen molar-refractivity contribution in [2.75, 3.05) is 18.0 Å². The van der Waals surface area contributed by atoms with Crippen molar-refractivity contribution in [2.24, 2.45) is 5.92 Å². The number of rotatable bonds is 4. The third-order valence-corrected chi connectivity index (χ3v) is 3.87. The van der Waals surface area contributed by atoms with Crippen molar-refractivity contribution in [3.63, 3.8) is 0 Å². The Labute approximate surface area is 126 Å². The molecule has 1 aliphatic rings. The number of carbonyl (C=O) groups excluding carboxylic acids is 1. The molecule has 1 aliphatic heterocycles. The highest BCUT2D eigenvalue weighted by molar-refractivity contribution is 6.30. The summed E-state index contributed by atoms with van der Waals surface area (Å²) >= 11 is 5.64. The van der Waals surface area contributed by atoms with Gasteiger partial charge in [0, 0.05) is 24.8 Å². The Morgan fingerprint density at radius 1 is 1.52 bits per heavy atom. The highest BCUT2D eigenvalue weighted by Crippen LogP contribution is 2.25. The van der Waals surface area contributed by atoms with Crippen molar-refractivity contribution in [1.29, 1.82) is 0 Å². The van der Waals surface area contributed by atoms with Crippen molar-refractivity contribution in [3.05, 3.63) is 29.0 Å². The number of aliphatic carboxylic acids is 1. The Kier molecular flexibility index (Phi) is 4.67. The fraction of sp³-hybridized carbons (Fsp3) is 0.429. The molecule has 1 aromatic rings. The number of nitrogens with zero attached hydrogens (tertiary/aromatic N) is 1. The Hall–Kier alpha value is -1.82. The molecule has 0 aromatic heterocycles. The van der Waals surface area contributed by atoms with Crippen LogP contribution >= 0.6 is 11.6 Å². The molecule has 2 rings (SSSR count). The van der Waals surface area contributed by atoms with Gasteiger partial charge < -0.3 is 15.3 Å². The van der Waals surface area contributed by atoms with E-state index in [1.165, 1.54) is 19.1 Å². The average Bonchev–Trinajstić information content (AvgIpc) is 2.89. The molecule has 0 radical (unpaired) electrons. The lowest BCUT2D eigenvalue weighted by Crippen LogP contribution is -2.41. The van der Waals surface area contributed by atoms with Gasteiger partial charge in [0.25, 0.3) is 0 Å². The number of carbonyl (C=O) groups is 2. The van der Waals surface area contributed by atoms with Crippen molar-refractivity contribution >= 4 is 29.2 Å². The molecule has 0 aliphatic carbocycles. The van der Waals surface area contributed by atoms with E-state index in [0.29, 0.717) is 25.2 Å². The van der Waals surface area contributed by atoms with Gasteiger partial charge in [-0.3, -0.25) is 9.59 Å². The lowest BCUT2D eigenvalue weighted by atomic mass is 10.1. The molecule has 1 fully saturated rings. The van der Waals surface area contributed by atoms with Gasteiger partial charge in [0.05, 0.1) is 5.02 Å². The molecule has 0 saturated carbocycles. The van der Waals surface area contributed by atoms with Crippen LogP contribution in [0, 0.1) is 11.7 Å². The number of hydrogen-bond donors (Lipinski definition) is 2. The van der Waals surface area contributed by atoms with Crippen LogP contribution in [0.5, 0.6) is 0 Å². The molecule has 0 bridgehead atoms. The summed E-state index contributed by atoms with van der Waals surface area (Å²) in [5.74, 6) is -3.22. The lowest BCUT2D eigenvalue weighted by molar-refractivity contribution is -0.146. The first-order valence-electron chi connectivity index (χ1n) is 6.61.